The zero-order valence-corrected chi connectivity index (χ0v) is 12.3. The van der Waals surface area contributed by atoms with E-state index >= 15 is 0 Å². The van der Waals surface area contributed by atoms with E-state index in [1.807, 2.05) is 6.08 Å². The van der Waals surface area contributed by atoms with Crippen LogP contribution in [0.5, 0.6) is 0 Å². The molecule has 7 heteroatoms. The summed E-state index contributed by atoms with van der Waals surface area (Å²) in [4.78, 5) is 32.3. The average Bonchev–Trinajstić information content (AvgIpc) is 3.14. The van der Waals surface area contributed by atoms with Crippen LogP contribution in [0.3, 0.4) is 0 Å². The molecule has 0 saturated heterocycles. The highest BCUT2D eigenvalue weighted by Gasteiger charge is 2.35. The number of fused-ring (bicyclic) bond motifs is 1. The average molecular weight is 309 g/mol. The number of rotatable bonds is 2. The smallest absolute Gasteiger partial charge is 0.273 e. The van der Waals surface area contributed by atoms with E-state index in [0.29, 0.717) is 23.5 Å². The molecule has 2 atom stereocenters. The molecule has 1 aromatic rings. The summed E-state index contributed by atoms with van der Waals surface area (Å²) >= 11 is 0. The molecule has 2 unspecified atom stereocenters. The summed E-state index contributed by atoms with van der Waals surface area (Å²) in [6, 6.07) is 1.84. The maximum absolute atomic E-state index is 12.1. The molecule has 1 aromatic heterocycles. The molecule has 0 aromatic carbocycles. The van der Waals surface area contributed by atoms with Crippen molar-refractivity contribution in [1.29, 1.82) is 0 Å². The van der Waals surface area contributed by atoms with E-state index in [0.717, 1.165) is 18.5 Å². The van der Waals surface area contributed by atoms with Crippen molar-refractivity contribution in [2.45, 2.75) is 25.3 Å². The number of carbonyl (C=O) groups excluding carboxylic acids is 2. The third-order valence-corrected chi connectivity index (χ3v) is 4.30. The van der Waals surface area contributed by atoms with E-state index in [1.165, 1.54) is 0 Å². The molecule has 0 bridgehead atoms. The Morgan fingerprint density at radius 1 is 1.22 bits per heavy atom. The lowest BCUT2D eigenvalue weighted by atomic mass is 9.85. The predicted octanol–water partition coefficient (Wildman–Crippen LogP) is 0.462. The molecule has 0 radical (unpaired) electrons. The van der Waals surface area contributed by atoms with Gasteiger partial charge in [-0.2, -0.15) is 5.10 Å². The summed E-state index contributed by atoms with van der Waals surface area (Å²) in [5, 5.41) is 7.35. The lowest BCUT2D eigenvalue weighted by molar-refractivity contribution is -0.123. The molecular weight excluding hydrogens is 294 g/mol. The van der Waals surface area contributed by atoms with Crippen LogP contribution in [0.2, 0.25) is 0 Å². The number of carbonyl (C=O) groups is 2. The normalized spacial score (nSPS) is 28.1. The third-order valence-electron chi connectivity index (χ3n) is 4.30. The zero-order chi connectivity index (χ0) is 15.8. The van der Waals surface area contributed by atoms with Gasteiger partial charge < -0.3 is 5.32 Å². The standard InChI is InChI=1S/C16H15N5O2/c22-13-4-1-3-12-10(13)7-9(19-12)8-11-14(20-21-16(11)23)15-17-5-2-6-18-15/h2,5-8,10,12,19H,1,3-4H2,(H,21,23)/b11-8+. The van der Waals surface area contributed by atoms with E-state index in [2.05, 4.69) is 25.8 Å². The second-order valence-corrected chi connectivity index (χ2v) is 5.79. The van der Waals surface area contributed by atoms with Crippen LogP contribution in [0.15, 0.2) is 47.0 Å². The number of nitrogens with one attached hydrogen (secondary N) is 2. The molecule has 1 fully saturated rings. The third kappa shape index (κ3) is 2.44. The summed E-state index contributed by atoms with van der Waals surface area (Å²) in [7, 11) is 0. The van der Waals surface area contributed by atoms with Crippen LogP contribution in [0.1, 0.15) is 25.1 Å². The maximum atomic E-state index is 12.1. The molecular formula is C16H15N5O2. The van der Waals surface area contributed by atoms with Crippen LogP contribution in [0.25, 0.3) is 0 Å². The zero-order valence-electron chi connectivity index (χ0n) is 12.3. The van der Waals surface area contributed by atoms with Crippen molar-refractivity contribution in [2.24, 2.45) is 11.0 Å². The Labute approximate surface area is 132 Å². The largest absolute Gasteiger partial charge is 0.381 e. The number of hydrogen-bond acceptors (Lipinski definition) is 6. The number of aromatic nitrogens is 2. The Hall–Kier alpha value is -2.83. The van der Waals surface area contributed by atoms with Crippen LogP contribution in [0, 0.1) is 5.92 Å². The maximum Gasteiger partial charge on any atom is 0.273 e. The molecule has 23 heavy (non-hydrogen) atoms. The fourth-order valence-electron chi connectivity index (χ4n) is 3.20. The monoisotopic (exact) mass is 309 g/mol. The van der Waals surface area contributed by atoms with Gasteiger partial charge in [0, 0.05) is 30.6 Å². The first-order chi connectivity index (χ1) is 11.2. The lowest BCUT2D eigenvalue weighted by Gasteiger charge is -2.23. The number of allylic oxidation sites excluding steroid dienone is 1. The summed E-state index contributed by atoms with van der Waals surface area (Å²) < 4.78 is 0. The lowest BCUT2D eigenvalue weighted by Crippen LogP contribution is -2.36. The van der Waals surface area contributed by atoms with Crippen LogP contribution < -0.4 is 10.7 Å². The molecule has 0 spiro atoms. The van der Waals surface area contributed by atoms with Crippen molar-refractivity contribution in [3.05, 3.63) is 47.7 Å². The highest BCUT2D eigenvalue weighted by atomic mass is 16.2. The fraction of sp³-hybridized carbons (Fsp3) is 0.312. The van der Waals surface area contributed by atoms with E-state index < -0.39 is 0 Å². The van der Waals surface area contributed by atoms with E-state index in [4.69, 9.17) is 0 Å². The first kappa shape index (κ1) is 13.8. The van der Waals surface area contributed by atoms with Gasteiger partial charge in [0.05, 0.1) is 11.5 Å². The molecule has 3 heterocycles. The topological polar surface area (TPSA) is 96.3 Å². The number of nitrogens with zero attached hydrogens (tertiary/aromatic N) is 3. The Kier molecular flexibility index (Phi) is 3.25. The molecule has 7 nitrogen and oxygen atoms in total. The molecule has 2 aliphatic heterocycles. The van der Waals surface area contributed by atoms with Crippen LogP contribution in [-0.4, -0.2) is 33.4 Å². The summed E-state index contributed by atoms with van der Waals surface area (Å²) in [5.74, 6) is 0.271. The molecule has 2 N–H and O–H groups in total. The van der Waals surface area contributed by atoms with Crippen LogP contribution in [-0.2, 0) is 9.59 Å². The molecule has 1 aliphatic carbocycles. The number of amides is 1. The molecule has 3 aliphatic rings. The minimum absolute atomic E-state index is 0.0894. The van der Waals surface area contributed by atoms with Gasteiger partial charge in [0.1, 0.15) is 11.5 Å². The number of hydrogen-bond donors (Lipinski definition) is 2. The van der Waals surface area contributed by atoms with E-state index in [-0.39, 0.29) is 23.7 Å². The summed E-state index contributed by atoms with van der Waals surface area (Å²) in [5.41, 5.74) is 4.05. The molecule has 116 valence electrons. The number of hydrazone groups is 1. The quantitative estimate of drug-likeness (QED) is 0.774. The second-order valence-electron chi connectivity index (χ2n) is 5.79. The molecule has 1 amide bonds. The van der Waals surface area contributed by atoms with Gasteiger partial charge in [-0.15, -0.1) is 0 Å². The van der Waals surface area contributed by atoms with Crippen molar-refractivity contribution in [3.63, 3.8) is 0 Å². The van der Waals surface area contributed by atoms with Gasteiger partial charge in [-0.05, 0) is 31.1 Å². The van der Waals surface area contributed by atoms with Crippen molar-refractivity contribution >= 4 is 17.4 Å². The van der Waals surface area contributed by atoms with Gasteiger partial charge in [-0.3, -0.25) is 9.59 Å². The Bertz CT molecular complexity index is 766. The Morgan fingerprint density at radius 3 is 2.83 bits per heavy atom. The summed E-state index contributed by atoms with van der Waals surface area (Å²) in [6.07, 6.45) is 9.35. The van der Waals surface area contributed by atoms with Crippen molar-refractivity contribution < 1.29 is 9.59 Å². The second kappa shape index (κ2) is 5.42. The van der Waals surface area contributed by atoms with Crippen molar-refractivity contribution in [2.75, 3.05) is 0 Å². The fourth-order valence-corrected chi connectivity index (χ4v) is 3.20. The highest BCUT2D eigenvalue weighted by molar-refractivity contribution is 6.29. The van der Waals surface area contributed by atoms with Crippen LogP contribution >= 0.6 is 0 Å². The number of Topliss-reactive ketones (excluding diaryl/α,β-unsaturated/α-hetero) is 1. The van der Waals surface area contributed by atoms with Gasteiger partial charge >= 0.3 is 0 Å². The van der Waals surface area contributed by atoms with Gasteiger partial charge in [0.2, 0.25) is 0 Å². The first-order valence-electron chi connectivity index (χ1n) is 7.61. The Morgan fingerprint density at radius 2 is 2.04 bits per heavy atom. The molecule has 1 saturated carbocycles. The minimum atomic E-state index is -0.295. The summed E-state index contributed by atoms with van der Waals surface area (Å²) in [6.45, 7) is 0. The first-order valence-corrected chi connectivity index (χ1v) is 7.61. The predicted molar refractivity (Wildman–Crippen MR) is 82.1 cm³/mol. The minimum Gasteiger partial charge on any atom is -0.381 e. The molecule has 4 rings (SSSR count). The van der Waals surface area contributed by atoms with Gasteiger partial charge in [0.25, 0.3) is 5.91 Å². The van der Waals surface area contributed by atoms with Crippen molar-refractivity contribution in [3.8, 4) is 0 Å². The Balaban J connectivity index is 1.65. The van der Waals surface area contributed by atoms with E-state index in [9.17, 15) is 9.59 Å². The van der Waals surface area contributed by atoms with Gasteiger partial charge in [-0.25, -0.2) is 15.4 Å². The van der Waals surface area contributed by atoms with Crippen LogP contribution in [0.4, 0.5) is 0 Å². The van der Waals surface area contributed by atoms with Gasteiger partial charge in [-0.1, -0.05) is 0 Å². The van der Waals surface area contributed by atoms with Crippen molar-refractivity contribution in [1.82, 2.24) is 20.7 Å². The van der Waals surface area contributed by atoms with E-state index in [1.54, 1.807) is 24.5 Å². The highest BCUT2D eigenvalue weighted by Crippen LogP contribution is 2.29. The number of ketones is 1. The SMILES string of the molecule is O=C1NN=C(c2ncccn2)/C1=C\C1=CC2C(=O)CCCC2N1. The van der Waals surface area contributed by atoms with Gasteiger partial charge in [0.15, 0.2) is 5.82 Å².